The molecule has 5 nitrogen and oxygen atoms in total. The van der Waals surface area contributed by atoms with Crippen LogP contribution < -0.4 is 5.32 Å². The molecule has 0 aromatic heterocycles. The molecule has 2 rings (SSSR count). The Hall–Kier alpha value is -2.04. The number of hydrogen-bond donors (Lipinski definition) is 2. The molecule has 0 saturated heterocycles. The van der Waals surface area contributed by atoms with E-state index in [4.69, 9.17) is 4.74 Å². The monoisotopic (exact) mass is 319 g/mol. The van der Waals surface area contributed by atoms with Crippen molar-refractivity contribution in [2.24, 2.45) is 0 Å². The number of rotatable bonds is 4. The lowest BCUT2D eigenvalue weighted by atomic mass is 9.86. The highest BCUT2D eigenvalue weighted by atomic mass is 16.6. The molecule has 5 heteroatoms. The predicted molar refractivity (Wildman–Crippen MR) is 87.6 cm³/mol. The Morgan fingerprint density at radius 3 is 2.61 bits per heavy atom. The van der Waals surface area contributed by atoms with Crippen LogP contribution >= 0.6 is 0 Å². The largest absolute Gasteiger partial charge is 0.480 e. The number of carbonyl (C=O) groups excluding carboxylic acids is 1. The summed E-state index contributed by atoms with van der Waals surface area (Å²) in [4.78, 5) is 23.4. The first-order valence-electron chi connectivity index (χ1n) is 8.08. The van der Waals surface area contributed by atoms with E-state index in [-0.39, 0.29) is 6.42 Å². The maximum Gasteiger partial charge on any atom is 0.408 e. The highest BCUT2D eigenvalue weighted by molar-refractivity contribution is 5.80. The lowest BCUT2D eigenvalue weighted by molar-refractivity contribution is -0.139. The molecular formula is C18H25NO4. The summed E-state index contributed by atoms with van der Waals surface area (Å²) in [7, 11) is 0. The van der Waals surface area contributed by atoms with E-state index in [1.54, 1.807) is 20.8 Å². The second kappa shape index (κ2) is 7.02. The third-order valence-electron chi connectivity index (χ3n) is 3.91. The van der Waals surface area contributed by atoms with Crippen molar-refractivity contribution in [2.45, 2.75) is 64.5 Å². The molecule has 0 bridgehead atoms. The number of hydrogen-bond acceptors (Lipinski definition) is 3. The Kier molecular flexibility index (Phi) is 5.29. The summed E-state index contributed by atoms with van der Waals surface area (Å²) < 4.78 is 5.16. The van der Waals surface area contributed by atoms with Crippen molar-refractivity contribution in [3.63, 3.8) is 0 Å². The Morgan fingerprint density at radius 1 is 1.26 bits per heavy atom. The number of alkyl carbamates (subject to hydrolysis) is 1. The number of carboxylic acid groups (broad SMARTS) is 1. The van der Waals surface area contributed by atoms with Gasteiger partial charge >= 0.3 is 12.1 Å². The lowest BCUT2D eigenvalue weighted by Gasteiger charge is -2.24. The molecule has 0 heterocycles. The Morgan fingerprint density at radius 2 is 1.96 bits per heavy atom. The van der Waals surface area contributed by atoms with Crippen molar-refractivity contribution in [3.8, 4) is 0 Å². The molecule has 23 heavy (non-hydrogen) atoms. The minimum atomic E-state index is -1.05. The molecule has 126 valence electrons. The second-order valence-corrected chi connectivity index (χ2v) is 7.00. The number of benzene rings is 1. The van der Waals surface area contributed by atoms with Crippen LogP contribution in [0.4, 0.5) is 4.79 Å². The van der Waals surface area contributed by atoms with Crippen LogP contribution in [0.3, 0.4) is 0 Å². The molecule has 1 atom stereocenters. The van der Waals surface area contributed by atoms with E-state index in [1.807, 2.05) is 12.1 Å². The molecule has 0 radical (unpaired) electrons. The zero-order valence-corrected chi connectivity index (χ0v) is 14.0. The van der Waals surface area contributed by atoms with Gasteiger partial charge in [-0.25, -0.2) is 9.59 Å². The molecule has 0 aliphatic heterocycles. The van der Waals surface area contributed by atoms with Gasteiger partial charge in [-0.1, -0.05) is 18.2 Å². The first-order valence-corrected chi connectivity index (χ1v) is 8.08. The van der Waals surface area contributed by atoms with Crippen molar-refractivity contribution < 1.29 is 19.4 Å². The topological polar surface area (TPSA) is 75.6 Å². The first-order chi connectivity index (χ1) is 10.8. The van der Waals surface area contributed by atoms with Gasteiger partial charge in [-0.2, -0.15) is 0 Å². The van der Waals surface area contributed by atoms with Crippen LogP contribution in [0.25, 0.3) is 0 Å². The number of amides is 1. The summed E-state index contributed by atoms with van der Waals surface area (Å²) >= 11 is 0. The maximum atomic E-state index is 11.9. The van der Waals surface area contributed by atoms with Crippen molar-refractivity contribution in [1.29, 1.82) is 0 Å². The fourth-order valence-electron chi connectivity index (χ4n) is 2.92. The molecule has 0 fully saturated rings. The third kappa shape index (κ3) is 4.98. The van der Waals surface area contributed by atoms with E-state index >= 15 is 0 Å². The first kappa shape index (κ1) is 17.3. The van der Waals surface area contributed by atoms with E-state index < -0.39 is 23.7 Å². The number of nitrogens with one attached hydrogen (secondary N) is 1. The maximum absolute atomic E-state index is 11.9. The van der Waals surface area contributed by atoms with Crippen LogP contribution in [0.1, 0.15) is 50.3 Å². The lowest BCUT2D eigenvalue weighted by Crippen LogP contribution is -2.44. The van der Waals surface area contributed by atoms with Gasteiger partial charge < -0.3 is 15.2 Å². The van der Waals surface area contributed by atoms with Gasteiger partial charge in [0.15, 0.2) is 0 Å². The third-order valence-corrected chi connectivity index (χ3v) is 3.91. The number of aliphatic carboxylic acids is 1. The average molecular weight is 319 g/mol. The van der Waals surface area contributed by atoms with E-state index in [9.17, 15) is 14.7 Å². The minimum Gasteiger partial charge on any atom is -0.480 e. The van der Waals surface area contributed by atoms with Gasteiger partial charge in [0.1, 0.15) is 11.6 Å². The van der Waals surface area contributed by atoms with Crippen molar-refractivity contribution in [2.75, 3.05) is 0 Å². The number of carboxylic acids is 1. The van der Waals surface area contributed by atoms with Crippen molar-refractivity contribution in [3.05, 3.63) is 34.9 Å². The van der Waals surface area contributed by atoms with Gasteiger partial charge in [-0.05, 0) is 63.1 Å². The molecule has 1 aromatic rings. The van der Waals surface area contributed by atoms with Gasteiger partial charge in [-0.15, -0.1) is 0 Å². The summed E-state index contributed by atoms with van der Waals surface area (Å²) in [6.45, 7) is 5.24. The number of carbonyl (C=O) groups is 2. The molecule has 1 amide bonds. The summed E-state index contributed by atoms with van der Waals surface area (Å²) in [5, 5.41) is 11.9. The van der Waals surface area contributed by atoms with Crippen molar-refractivity contribution in [1.82, 2.24) is 5.32 Å². The van der Waals surface area contributed by atoms with Crippen LogP contribution in [0.2, 0.25) is 0 Å². The standard InChI is InChI=1S/C18H25NO4/c1-18(2,3)23-17(22)19-15(16(20)21)11-13-9-6-8-12-7-4-5-10-14(12)13/h6,8-9,15H,4-5,7,10-11H2,1-3H3,(H,19,22)(H,20,21)/t15-/m1/s1. The average Bonchev–Trinajstić information content (AvgIpc) is 2.44. The Bertz CT molecular complexity index is 589. The van der Waals surface area contributed by atoms with Gasteiger partial charge in [-0.3, -0.25) is 0 Å². The Balaban J connectivity index is 2.11. The Labute approximate surface area is 137 Å². The minimum absolute atomic E-state index is 0.276. The molecular weight excluding hydrogens is 294 g/mol. The van der Waals surface area contributed by atoms with Gasteiger partial charge in [0.25, 0.3) is 0 Å². The van der Waals surface area contributed by atoms with E-state index in [0.29, 0.717) is 0 Å². The van der Waals surface area contributed by atoms with Crippen LogP contribution in [0, 0.1) is 0 Å². The summed E-state index contributed by atoms with van der Waals surface area (Å²) in [6.07, 6.45) is 3.90. The fraction of sp³-hybridized carbons (Fsp3) is 0.556. The zero-order chi connectivity index (χ0) is 17.0. The smallest absolute Gasteiger partial charge is 0.408 e. The number of aryl methyl sites for hydroxylation is 1. The van der Waals surface area contributed by atoms with Gasteiger partial charge in [0.05, 0.1) is 0 Å². The molecule has 0 unspecified atom stereocenters. The van der Waals surface area contributed by atoms with E-state index in [2.05, 4.69) is 11.4 Å². The van der Waals surface area contributed by atoms with Crippen LogP contribution in [-0.4, -0.2) is 28.8 Å². The SMILES string of the molecule is CC(C)(C)OC(=O)N[C@H](Cc1cccc2c1CCCC2)C(=O)O. The fourth-order valence-corrected chi connectivity index (χ4v) is 2.92. The quantitative estimate of drug-likeness (QED) is 0.894. The molecule has 1 aliphatic rings. The molecule has 1 aliphatic carbocycles. The van der Waals surface area contributed by atoms with E-state index in [0.717, 1.165) is 24.8 Å². The normalized spacial score (nSPS) is 15.4. The number of fused-ring (bicyclic) bond motifs is 1. The van der Waals surface area contributed by atoms with Gasteiger partial charge in [0, 0.05) is 6.42 Å². The van der Waals surface area contributed by atoms with Crippen LogP contribution in [0.5, 0.6) is 0 Å². The highest BCUT2D eigenvalue weighted by Gasteiger charge is 2.25. The van der Waals surface area contributed by atoms with Crippen LogP contribution in [0.15, 0.2) is 18.2 Å². The molecule has 1 aromatic carbocycles. The summed E-state index contributed by atoms with van der Waals surface area (Å²) in [5.41, 5.74) is 2.90. The van der Waals surface area contributed by atoms with Crippen molar-refractivity contribution >= 4 is 12.1 Å². The second-order valence-electron chi connectivity index (χ2n) is 7.00. The summed E-state index contributed by atoms with van der Waals surface area (Å²) in [5.74, 6) is -1.05. The molecule has 0 spiro atoms. The van der Waals surface area contributed by atoms with Crippen LogP contribution in [-0.2, 0) is 28.8 Å². The number of ether oxygens (including phenoxy) is 1. The predicted octanol–water partition coefficient (Wildman–Crippen LogP) is 3.09. The van der Waals surface area contributed by atoms with Gasteiger partial charge in [0.2, 0.25) is 0 Å². The zero-order valence-electron chi connectivity index (χ0n) is 14.0. The van der Waals surface area contributed by atoms with E-state index in [1.165, 1.54) is 17.5 Å². The molecule has 2 N–H and O–H groups in total. The highest BCUT2D eigenvalue weighted by Crippen LogP contribution is 2.25. The molecule has 0 saturated carbocycles. The summed E-state index contributed by atoms with van der Waals surface area (Å²) in [6, 6.07) is 5.04.